The summed E-state index contributed by atoms with van der Waals surface area (Å²) in [5.41, 5.74) is 1.35. The molecule has 4 nitrogen and oxygen atoms in total. The Hall–Kier alpha value is -0.970. The van der Waals surface area contributed by atoms with Gasteiger partial charge in [-0.25, -0.2) is 0 Å². The maximum Gasteiger partial charge on any atom is 0.0959 e. The maximum absolute atomic E-state index is 6.08. The lowest BCUT2D eigenvalue weighted by atomic mass is 9.84. The lowest BCUT2D eigenvalue weighted by molar-refractivity contribution is -0.199. The minimum atomic E-state index is 0.0642. The fourth-order valence-electron chi connectivity index (χ4n) is 3.53. The summed E-state index contributed by atoms with van der Waals surface area (Å²) in [7, 11) is 0. The molecule has 1 aliphatic carbocycles. The second-order valence-electron chi connectivity index (χ2n) is 6.93. The van der Waals surface area contributed by atoms with E-state index in [2.05, 4.69) is 16.0 Å². The highest BCUT2D eigenvalue weighted by Gasteiger charge is 2.47. The number of aromatic nitrogens is 1. The second-order valence-corrected chi connectivity index (χ2v) is 6.93. The molecule has 1 aromatic heterocycles. The van der Waals surface area contributed by atoms with Gasteiger partial charge in [0.25, 0.3) is 0 Å². The van der Waals surface area contributed by atoms with E-state index in [1.54, 1.807) is 0 Å². The van der Waals surface area contributed by atoms with Crippen molar-refractivity contribution in [1.82, 2.24) is 9.88 Å². The SMILES string of the molecule is c1cncc(CN2CC3(C[C@H](OCC4CC4)CCO3)C2)c1. The molecule has 3 heterocycles. The third-order valence-corrected chi connectivity index (χ3v) is 4.86. The average molecular weight is 288 g/mol. The van der Waals surface area contributed by atoms with Gasteiger partial charge in [0.1, 0.15) is 0 Å². The first-order valence-electron chi connectivity index (χ1n) is 8.18. The Kier molecular flexibility index (Phi) is 3.69. The number of hydrogen-bond donors (Lipinski definition) is 0. The Balaban J connectivity index is 1.26. The Morgan fingerprint density at radius 1 is 1.33 bits per heavy atom. The van der Waals surface area contributed by atoms with E-state index >= 15 is 0 Å². The van der Waals surface area contributed by atoms with Gasteiger partial charge in [-0.2, -0.15) is 0 Å². The molecule has 0 amide bonds. The van der Waals surface area contributed by atoms with Crippen molar-refractivity contribution in [2.75, 3.05) is 26.3 Å². The first kappa shape index (κ1) is 13.7. The number of nitrogens with zero attached hydrogens (tertiary/aromatic N) is 2. The van der Waals surface area contributed by atoms with Crippen molar-refractivity contribution in [3.63, 3.8) is 0 Å². The van der Waals surface area contributed by atoms with Crippen LogP contribution in [-0.2, 0) is 16.0 Å². The van der Waals surface area contributed by atoms with Crippen molar-refractivity contribution in [3.8, 4) is 0 Å². The van der Waals surface area contributed by atoms with Gasteiger partial charge < -0.3 is 9.47 Å². The van der Waals surface area contributed by atoms with Crippen LogP contribution in [0.5, 0.6) is 0 Å². The van der Waals surface area contributed by atoms with Gasteiger partial charge in [-0.05, 0) is 36.8 Å². The van der Waals surface area contributed by atoms with E-state index in [0.29, 0.717) is 6.10 Å². The summed E-state index contributed by atoms with van der Waals surface area (Å²) in [4.78, 5) is 6.63. The zero-order chi connectivity index (χ0) is 14.1. The van der Waals surface area contributed by atoms with E-state index in [0.717, 1.165) is 51.6 Å². The van der Waals surface area contributed by atoms with Gasteiger partial charge in [-0.3, -0.25) is 9.88 Å². The minimum absolute atomic E-state index is 0.0642. The molecule has 3 aliphatic rings. The van der Waals surface area contributed by atoms with Crippen molar-refractivity contribution in [2.45, 2.75) is 43.9 Å². The monoisotopic (exact) mass is 288 g/mol. The van der Waals surface area contributed by atoms with E-state index in [-0.39, 0.29) is 5.60 Å². The predicted octanol–water partition coefficient (Wildman–Crippen LogP) is 2.24. The number of pyridine rings is 1. The molecule has 21 heavy (non-hydrogen) atoms. The molecule has 3 fully saturated rings. The molecule has 114 valence electrons. The van der Waals surface area contributed by atoms with Gasteiger partial charge in [0, 0.05) is 51.7 Å². The molecule has 4 rings (SSSR count). The zero-order valence-electron chi connectivity index (χ0n) is 12.5. The van der Waals surface area contributed by atoms with Gasteiger partial charge in [-0.15, -0.1) is 0 Å². The standard InChI is InChI=1S/C17H24N2O2/c1-2-15(9-18-6-1)10-19-12-17(13-19)8-16(5-7-21-17)20-11-14-3-4-14/h1-2,6,9,14,16H,3-5,7-8,10-13H2/t16-/m1/s1. The third kappa shape index (κ3) is 3.28. The number of rotatable bonds is 5. The Bertz CT molecular complexity index is 469. The van der Waals surface area contributed by atoms with Crippen LogP contribution in [0.2, 0.25) is 0 Å². The van der Waals surface area contributed by atoms with Gasteiger partial charge in [0.2, 0.25) is 0 Å². The van der Waals surface area contributed by atoms with Crippen LogP contribution in [0.4, 0.5) is 0 Å². The van der Waals surface area contributed by atoms with Crippen LogP contribution in [0.1, 0.15) is 31.2 Å². The summed E-state index contributed by atoms with van der Waals surface area (Å²) in [5, 5.41) is 0. The van der Waals surface area contributed by atoms with Crippen molar-refractivity contribution in [1.29, 1.82) is 0 Å². The summed E-state index contributed by atoms with van der Waals surface area (Å²) in [6.07, 6.45) is 9.07. The van der Waals surface area contributed by atoms with Crippen molar-refractivity contribution >= 4 is 0 Å². The molecular weight excluding hydrogens is 264 g/mol. The lowest BCUT2D eigenvalue weighted by Gasteiger charge is -2.53. The molecule has 0 radical (unpaired) electrons. The molecule has 1 atom stereocenters. The summed E-state index contributed by atoms with van der Waals surface area (Å²) in [6.45, 7) is 4.87. The molecule has 0 aromatic carbocycles. The highest BCUT2D eigenvalue weighted by atomic mass is 16.5. The van der Waals surface area contributed by atoms with Crippen LogP contribution < -0.4 is 0 Å². The maximum atomic E-state index is 6.08. The summed E-state index contributed by atoms with van der Waals surface area (Å²) < 4.78 is 12.2. The van der Waals surface area contributed by atoms with Gasteiger partial charge in [-0.1, -0.05) is 6.07 Å². The quantitative estimate of drug-likeness (QED) is 0.832. The topological polar surface area (TPSA) is 34.6 Å². The minimum Gasteiger partial charge on any atom is -0.378 e. The first-order chi connectivity index (χ1) is 10.3. The third-order valence-electron chi connectivity index (χ3n) is 4.86. The zero-order valence-corrected chi connectivity index (χ0v) is 12.5. The van der Waals surface area contributed by atoms with Gasteiger partial charge in [0.05, 0.1) is 11.7 Å². The molecular formula is C17H24N2O2. The van der Waals surface area contributed by atoms with Gasteiger partial charge >= 0.3 is 0 Å². The Morgan fingerprint density at radius 3 is 3.00 bits per heavy atom. The normalized spacial score (nSPS) is 28.5. The van der Waals surface area contributed by atoms with Gasteiger partial charge in [0.15, 0.2) is 0 Å². The van der Waals surface area contributed by atoms with Crippen LogP contribution in [0.25, 0.3) is 0 Å². The average Bonchev–Trinajstić information content (AvgIpc) is 3.29. The fourth-order valence-corrected chi connectivity index (χ4v) is 3.53. The van der Waals surface area contributed by atoms with Crippen LogP contribution in [-0.4, -0.2) is 47.9 Å². The van der Waals surface area contributed by atoms with Crippen LogP contribution in [0.3, 0.4) is 0 Å². The Labute approximate surface area is 126 Å². The smallest absolute Gasteiger partial charge is 0.0959 e. The molecule has 1 spiro atoms. The lowest BCUT2D eigenvalue weighted by Crippen LogP contribution is -2.65. The predicted molar refractivity (Wildman–Crippen MR) is 79.9 cm³/mol. The molecule has 2 saturated heterocycles. The van der Waals surface area contributed by atoms with E-state index in [9.17, 15) is 0 Å². The highest BCUT2D eigenvalue weighted by Crippen LogP contribution is 2.37. The van der Waals surface area contributed by atoms with E-state index in [4.69, 9.17) is 9.47 Å². The molecule has 4 heteroatoms. The molecule has 0 unspecified atom stereocenters. The largest absolute Gasteiger partial charge is 0.378 e. The fraction of sp³-hybridized carbons (Fsp3) is 0.706. The molecule has 1 aromatic rings. The first-order valence-corrected chi connectivity index (χ1v) is 8.18. The van der Waals surface area contributed by atoms with Crippen molar-refractivity contribution in [2.24, 2.45) is 5.92 Å². The van der Waals surface area contributed by atoms with Crippen LogP contribution in [0, 0.1) is 5.92 Å². The summed E-state index contributed by atoms with van der Waals surface area (Å²) in [5.74, 6) is 0.854. The van der Waals surface area contributed by atoms with Crippen LogP contribution in [0.15, 0.2) is 24.5 Å². The van der Waals surface area contributed by atoms with E-state index < -0.39 is 0 Å². The Morgan fingerprint density at radius 2 is 2.24 bits per heavy atom. The molecule has 1 saturated carbocycles. The molecule has 2 aliphatic heterocycles. The van der Waals surface area contributed by atoms with E-state index in [1.807, 2.05) is 18.5 Å². The van der Waals surface area contributed by atoms with Crippen molar-refractivity contribution in [3.05, 3.63) is 30.1 Å². The van der Waals surface area contributed by atoms with Crippen molar-refractivity contribution < 1.29 is 9.47 Å². The number of ether oxygens (including phenoxy) is 2. The highest BCUT2D eigenvalue weighted by molar-refractivity contribution is 5.11. The summed E-state index contributed by atoms with van der Waals surface area (Å²) in [6, 6.07) is 4.14. The van der Waals surface area contributed by atoms with E-state index in [1.165, 1.54) is 18.4 Å². The molecule has 0 N–H and O–H groups in total. The second kappa shape index (κ2) is 5.67. The number of hydrogen-bond acceptors (Lipinski definition) is 4. The summed E-state index contributed by atoms with van der Waals surface area (Å²) >= 11 is 0. The number of likely N-dealkylation sites (tertiary alicyclic amines) is 1. The molecule has 0 bridgehead atoms. The van der Waals surface area contributed by atoms with Crippen LogP contribution >= 0.6 is 0 Å².